The molecule has 9 nitrogen and oxygen atoms in total. The summed E-state index contributed by atoms with van der Waals surface area (Å²) in [7, 11) is 1.48. The van der Waals surface area contributed by atoms with Crippen LogP contribution in [0.4, 0.5) is 0 Å². The molecule has 0 radical (unpaired) electrons. The van der Waals surface area contributed by atoms with Crippen molar-refractivity contribution in [2.45, 2.75) is 0 Å². The van der Waals surface area contributed by atoms with Crippen molar-refractivity contribution < 1.29 is 18.8 Å². The lowest BCUT2D eigenvalue weighted by Gasteiger charge is -2.14. The van der Waals surface area contributed by atoms with Gasteiger partial charge >= 0.3 is 5.91 Å². The molecule has 0 saturated heterocycles. The summed E-state index contributed by atoms with van der Waals surface area (Å²) in [6, 6.07) is 2.90. The van der Waals surface area contributed by atoms with Crippen molar-refractivity contribution in [2.24, 2.45) is 9.98 Å². The highest BCUT2D eigenvalue weighted by Gasteiger charge is 2.26. The second-order valence-corrected chi connectivity index (χ2v) is 4.89. The van der Waals surface area contributed by atoms with Crippen LogP contribution in [-0.2, 0) is 9.59 Å². The molecule has 2 heterocycles. The van der Waals surface area contributed by atoms with Gasteiger partial charge < -0.3 is 9.73 Å². The highest BCUT2D eigenvalue weighted by atomic mass is 32.2. The normalized spacial score (nSPS) is 16.2. The van der Waals surface area contributed by atoms with E-state index in [4.69, 9.17) is 9.83 Å². The predicted octanol–water partition coefficient (Wildman–Crippen LogP) is -0.197. The average Bonchev–Trinajstić information content (AvgIpc) is 3.02. The van der Waals surface area contributed by atoms with Gasteiger partial charge in [-0.2, -0.15) is 4.99 Å². The topological polar surface area (TPSA) is 137 Å². The Hall–Kier alpha value is -2.75. The van der Waals surface area contributed by atoms with E-state index in [1.54, 1.807) is 0 Å². The van der Waals surface area contributed by atoms with Gasteiger partial charge in [-0.1, -0.05) is 11.8 Å². The Morgan fingerprint density at radius 3 is 2.91 bits per heavy atom. The molecule has 1 aliphatic heterocycles. The van der Waals surface area contributed by atoms with Crippen LogP contribution in [0.2, 0.25) is 0 Å². The van der Waals surface area contributed by atoms with E-state index >= 15 is 0 Å². The highest BCUT2D eigenvalue weighted by Crippen LogP contribution is 2.08. The molecule has 3 amide bonds. The van der Waals surface area contributed by atoms with Crippen molar-refractivity contribution >= 4 is 46.2 Å². The van der Waals surface area contributed by atoms with Gasteiger partial charge in [0.2, 0.25) is 5.91 Å². The number of nitrogens with zero attached hydrogens (tertiary/aromatic N) is 2. The van der Waals surface area contributed by atoms with Crippen LogP contribution in [0.5, 0.6) is 0 Å². The molecular weight excluding hydrogens is 310 g/mol. The minimum absolute atomic E-state index is 0.0424. The second-order valence-electron chi connectivity index (χ2n) is 3.92. The lowest BCUT2D eigenvalue weighted by Crippen LogP contribution is -2.44. The number of nitrogens with one attached hydrogen (secondary N) is 3. The molecule has 0 unspecified atom stereocenters. The number of carbonyl (C=O) groups excluding carboxylic acids is 3. The van der Waals surface area contributed by atoms with E-state index in [0.29, 0.717) is 0 Å². The lowest BCUT2D eigenvalue weighted by molar-refractivity contribution is -0.118. The molecule has 0 bridgehead atoms. The van der Waals surface area contributed by atoms with Crippen molar-refractivity contribution in [2.75, 3.05) is 12.8 Å². The van der Waals surface area contributed by atoms with Crippen LogP contribution in [0.1, 0.15) is 10.6 Å². The summed E-state index contributed by atoms with van der Waals surface area (Å²) >= 11 is 0.963. The molecule has 0 fully saturated rings. The SMILES string of the molecule is CNC(=O)CSC1=NC(=N)C(=NC(=O)c2ccco2)C(=O)N1. The quantitative estimate of drug-likeness (QED) is 0.708. The van der Waals surface area contributed by atoms with Crippen LogP contribution in [0.3, 0.4) is 0 Å². The number of furan rings is 1. The van der Waals surface area contributed by atoms with Crippen LogP contribution in [0.25, 0.3) is 0 Å². The van der Waals surface area contributed by atoms with E-state index in [1.807, 2.05) is 0 Å². The van der Waals surface area contributed by atoms with Gasteiger partial charge in [-0.3, -0.25) is 25.1 Å². The maximum absolute atomic E-state index is 11.9. The zero-order chi connectivity index (χ0) is 16.1. The standard InChI is InChI=1S/C12H11N5O4S/c1-14-7(18)5-22-12-16-9(13)8(11(20)17-12)15-10(19)6-3-2-4-21-6/h2-4H,5H2,1H3,(H,14,18)(H2,13,16,17,20). The van der Waals surface area contributed by atoms with Gasteiger partial charge in [-0.15, -0.1) is 0 Å². The molecular formula is C12H11N5O4S. The van der Waals surface area contributed by atoms with Crippen molar-refractivity contribution in [3.05, 3.63) is 24.2 Å². The molecule has 0 saturated carbocycles. The minimum atomic E-state index is -0.781. The number of hydrogen-bond acceptors (Lipinski definition) is 6. The Kier molecular flexibility index (Phi) is 4.84. The predicted molar refractivity (Wildman–Crippen MR) is 80.3 cm³/mol. The van der Waals surface area contributed by atoms with Gasteiger partial charge in [0, 0.05) is 7.05 Å². The monoisotopic (exact) mass is 321 g/mol. The molecule has 0 atom stereocenters. The van der Waals surface area contributed by atoms with Gasteiger partial charge in [0.1, 0.15) is 0 Å². The Morgan fingerprint density at radius 1 is 1.55 bits per heavy atom. The molecule has 0 spiro atoms. The van der Waals surface area contributed by atoms with Gasteiger partial charge in [0.05, 0.1) is 12.0 Å². The first kappa shape index (κ1) is 15.6. The van der Waals surface area contributed by atoms with Crippen molar-refractivity contribution in [1.29, 1.82) is 5.41 Å². The van der Waals surface area contributed by atoms with Crippen LogP contribution in [-0.4, -0.2) is 47.2 Å². The average molecular weight is 321 g/mol. The van der Waals surface area contributed by atoms with E-state index in [-0.39, 0.29) is 22.6 Å². The third-order valence-electron chi connectivity index (χ3n) is 2.44. The van der Waals surface area contributed by atoms with Crippen molar-refractivity contribution in [3.8, 4) is 0 Å². The number of thioether (sulfide) groups is 1. The Bertz CT molecular complexity index is 692. The first-order valence-corrected chi connectivity index (χ1v) is 6.98. The Morgan fingerprint density at radius 2 is 2.32 bits per heavy atom. The number of carbonyl (C=O) groups is 3. The van der Waals surface area contributed by atoms with Gasteiger partial charge in [-0.25, -0.2) is 4.99 Å². The van der Waals surface area contributed by atoms with Crippen LogP contribution < -0.4 is 10.6 Å². The van der Waals surface area contributed by atoms with Crippen LogP contribution in [0, 0.1) is 5.41 Å². The molecule has 10 heteroatoms. The molecule has 2 rings (SSSR count). The first-order valence-electron chi connectivity index (χ1n) is 6.00. The molecule has 1 aromatic rings. The number of aliphatic imine (C=N–C) groups is 2. The summed E-state index contributed by atoms with van der Waals surface area (Å²) in [5, 5.41) is 12.6. The van der Waals surface area contributed by atoms with Crippen molar-refractivity contribution in [1.82, 2.24) is 10.6 Å². The van der Waals surface area contributed by atoms with Gasteiger partial charge in [0.15, 0.2) is 22.5 Å². The Balaban J connectivity index is 2.11. The largest absolute Gasteiger partial charge is 0.459 e. The maximum Gasteiger partial charge on any atom is 0.313 e. The third-order valence-corrected chi connectivity index (χ3v) is 3.31. The third kappa shape index (κ3) is 3.67. The summed E-state index contributed by atoms with van der Waals surface area (Å²) in [5.41, 5.74) is -0.411. The summed E-state index contributed by atoms with van der Waals surface area (Å²) in [6.07, 6.45) is 1.30. The molecule has 114 valence electrons. The second kappa shape index (κ2) is 6.80. The number of amidine groups is 2. The smallest absolute Gasteiger partial charge is 0.313 e. The van der Waals surface area contributed by atoms with E-state index < -0.39 is 23.4 Å². The summed E-state index contributed by atoms with van der Waals surface area (Å²) in [4.78, 5) is 42.1. The molecule has 3 N–H and O–H groups in total. The molecule has 22 heavy (non-hydrogen) atoms. The van der Waals surface area contributed by atoms with E-state index in [2.05, 4.69) is 20.6 Å². The number of hydrogen-bond donors (Lipinski definition) is 3. The summed E-state index contributed by atoms with van der Waals surface area (Å²) in [5.74, 6) is -2.22. The molecule has 1 aromatic heterocycles. The first-order chi connectivity index (χ1) is 10.5. The zero-order valence-electron chi connectivity index (χ0n) is 11.4. The number of rotatable bonds is 3. The fourth-order valence-corrected chi connectivity index (χ4v) is 2.11. The van der Waals surface area contributed by atoms with E-state index in [9.17, 15) is 14.4 Å². The summed E-state index contributed by atoms with van der Waals surface area (Å²) < 4.78 is 4.86. The fraction of sp³-hybridized carbons (Fsp3) is 0.167. The molecule has 0 aliphatic carbocycles. The fourth-order valence-electron chi connectivity index (χ4n) is 1.38. The van der Waals surface area contributed by atoms with Crippen LogP contribution in [0.15, 0.2) is 32.8 Å². The lowest BCUT2D eigenvalue weighted by atomic mass is 10.3. The van der Waals surface area contributed by atoms with Crippen molar-refractivity contribution in [3.63, 3.8) is 0 Å². The van der Waals surface area contributed by atoms with E-state index in [1.165, 1.54) is 25.4 Å². The number of amides is 3. The molecule has 1 aliphatic rings. The Labute approximate surface area is 128 Å². The summed E-state index contributed by atoms with van der Waals surface area (Å²) in [6.45, 7) is 0. The maximum atomic E-state index is 11.9. The van der Waals surface area contributed by atoms with Gasteiger partial charge in [0.25, 0.3) is 5.91 Å². The molecule has 0 aromatic carbocycles. The highest BCUT2D eigenvalue weighted by molar-refractivity contribution is 8.14. The minimum Gasteiger partial charge on any atom is -0.459 e. The van der Waals surface area contributed by atoms with Gasteiger partial charge in [-0.05, 0) is 12.1 Å². The zero-order valence-corrected chi connectivity index (χ0v) is 12.2. The van der Waals surface area contributed by atoms with E-state index in [0.717, 1.165) is 11.8 Å². The van der Waals surface area contributed by atoms with Crippen LogP contribution >= 0.6 is 11.8 Å².